The third-order valence-corrected chi connectivity index (χ3v) is 2.99. The Morgan fingerprint density at radius 2 is 2.00 bits per heavy atom. The summed E-state index contributed by atoms with van der Waals surface area (Å²) in [6, 6.07) is 8.15. The van der Waals surface area contributed by atoms with Gasteiger partial charge in [0.2, 0.25) is 0 Å². The van der Waals surface area contributed by atoms with Crippen LogP contribution in [0, 0.1) is 18.6 Å². The fraction of sp³-hybridized carbons (Fsp3) is 0.0667. The molecule has 7 heteroatoms. The van der Waals surface area contributed by atoms with Gasteiger partial charge in [-0.15, -0.1) is 0 Å². The molecule has 0 aliphatic heterocycles. The molecule has 3 rings (SSSR count). The molecule has 2 heterocycles. The molecule has 1 amide bonds. The first kappa shape index (κ1) is 14.0. The van der Waals surface area contributed by atoms with E-state index in [1.54, 1.807) is 19.1 Å². The molecule has 1 aromatic carbocycles. The maximum atomic E-state index is 13.1. The van der Waals surface area contributed by atoms with E-state index in [1.807, 2.05) is 0 Å². The van der Waals surface area contributed by atoms with Gasteiger partial charge in [-0.3, -0.25) is 9.89 Å². The van der Waals surface area contributed by atoms with E-state index in [1.165, 1.54) is 12.1 Å². The van der Waals surface area contributed by atoms with E-state index in [4.69, 9.17) is 4.42 Å². The summed E-state index contributed by atoms with van der Waals surface area (Å²) in [7, 11) is 0. The summed E-state index contributed by atoms with van der Waals surface area (Å²) >= 11 is 0. The topological polar surface area (TPSA) is 70.9 Å². The van der Waals surface area contributed by atoms with Crippen molar-refractivity contribution >= 4 is 11.6 Å². The van der Waals surface area contributed by atoms with Gasteiger partial charge in [-0.05, 0) is 31.2 Å². The van der Waals surface area contributed by atoms with Crippen molar-refractivity contribution in [1.29, 1.82) is 0 Å². The Hall–Kier alpha value is -2.96. The molecule has 0 saturated carbocycles. The van der Waals surface area contributed by atoms with Gasteiger partial charge in [0, 0.05) is 17.8 Å². The Morgan fingerprint density at radius 3 is 2.68 bits per heavy atom. The summed E-state index contributed by atoms with van der Waals surface area (Å²) in [5.41, 5.74) is 0.791. The Labute approximate surface area is 124 Å². The molecular weight excluding hydrogens is 292 g/mol. The molecular formula is C15H11F2N3O2. The van der Waals surface area contributed by atoms with Gasteiger partial charge in [0.1, 0.15) is 11.5 Å². The number of anilines is 1. The molecule has 0 atom stereocenters. The lowest BCUT2D eigenvalue weighted by Gasteiger charge is -2.03. The highest BCUT2D eigenvalue weighted by atomic mass is 19.2. The number of carbonyl (C=O) groups excluding carboxylic acids is 1. The van der Waals surface area contributed by atoms with E-state index in [9.17, 15) is 13.6 Å². The van der Waals surface area contributed by atoms with Gasteiger partial charge in [0.05, 0.1) is 0 Å². The first-order valence-corrected chi connectivity index (χ1v) is 6.41. The molecule has 112 valence electrons. The number of rotatable bonds is 3. The third-order valence-electron chi connectivity index (χ3n) is 2.99. The van der Waals surface area contributed by atoms with Gasteiger partial charge in [0.25, 0.3) is 5.91 Å². The minimum atomic E-state index is -1.04. The van der Waals surface area contributed by atoms with Gasteiger partial charge in [-0.1, -0.05) is 0 Å². The van der Waals surface area contributed by atoms with Crippen molar-refractivity contribution in [3.8, 4) is 11.5 Å². The van der Waals surface area contributed by atoms with Crippen LogP contribution in [-0.4, -0.2) is 16.1 Å². The van der Waals surface area contributed by atoms with Crippen molar-refractivity contribution in [2.75, 3.05) is 5.32 Å². The van der Waals surface area contributed by atoms with E-state index in [2.05, 4.69) is 15.5 Å². The summed E-state index contributed by atoms with van der Waals surface area (Å²) in [5.74, 6) is -1.27. The number of benzene rings is 1. The summed E-state index contributed by atoms with van der Waals surface area (Å²) in [6.45, 7) is 1.80. The summed E-state index contributed by atoms with van der Waals surface area (Å²) < 4.78 is 31.4. The van der Waals surface area contributed by atoms with Crippen molar-refractivity contribution in [2.24, 2.45) is 0 Å². The number of amides is 1. The SMILES string of the molecule is Cc1ccc(-c2cc(C(=O)Nc3ccc(F)c(F)c3)n[nH]2)o1. The average Bonchev–Trinajstić information content (AvgIpc) is 3.11. The number of nitrogens with zero attached hydrogens (tertiary/aromatic N) is 1. The van der Waals surface area contributed by atoms with E-state index in [0.29, 0.717) is 11.5 Å². The number of hydrogen-bond donors (Lipinski definition) is 2. The fourth-order valence-electron chi connectivity index (χ4n) is 1.91. The number of nitrogens with one attached hydrogen (secondary N) is 2. The number of halogens is 2. The number of furan rings is 1. The molecule has 0 saturated heterocycles. The molecule has 0 aliphatic rings. The molecule has 2 N–H and O–H groups in total. The minimum Gasteiger partial charge on any atom is -0.460 e. The Bertz CT molecular complexity index is 839. The Balaban J connectivity index is 1.78. The van der Waals surface area contributed by atoms with Crippen LogP contribution in [-0.2, 0) is 0 Å². The zero-order valence-electron chi connectivity index (χ0n) is 11.5. The molecule has 22 heavy (non-hydrogen) atoms. The molecule has 0 spiro atoms. The lowest BCUT2D eigenvalue weighted by molar-refractivity contribution is 0.102. The average molecular weight is 303 g/mol. The van der Waals surface area contributed by atoms with Crippen molar-refractivity contribution in [3.63, 3.8) is 0 Å². The number of hydrogen-bond acceptors (Lipinski definition) is 3. The molecule has 0 unspecified atom stereocenters. The Morgan fingerprint density at radius 1 is 1.18 bits per heavy atom. The van der Waals surface area contributed by atoms with Gasteiger partial charge in [0.15, 0.2) is 23.1 Å². The lowest BCUT2D eigenvalue weighted by Crippen LogP contribution is -2.12. The summed E-state index contributed by atoms with van der Waals surface area (Å²) in [6.07, 6.45) is 0. The van der Waals surface area contributed by atoms with Crippen molar-refractivity contribution in [1.82, 2.24) is 10.2 Å². The first-order valence-electron chi connectivity index (χ1n) is 6.41. The van der Waals surface area contributed by atoms with Crippen LogP contribution in [0.25, 0.3) is 11.5 Å². The van der Waals surface area contributed by atoms with Gasteiger partial charge in [-0.2, -0.15) is 5.10 Å². The second-order valence-electron chi connectivity index (χ2n) is 4.66. The molecule has 5 nitrogen and oxygen atoms in total. The quantitative estimate of drug-likeness (QED) is 0.778. The number of aryl methyl sites for hydroxylation is 1. The number of aromatic amines is 1. The van der Waals surface area contributed by atoms with Crippen LogP contribution < -0.4 is 5.32 Å². The minimum absolute atomic E-state index is 0.105. The van der Waals surface area contributed by atoms with Crippen LogP contribution in [0.4, 0.5) is 14.5 Å². The summed E-state index contributed by atoms with van der Waals surface area (Å²) in [4.78, 5) is 12.0. The highest BCUT2D eigenvalue weighted by Crippen LogP contribution is 2.21. The number of carbonyl (C=O) groups is 1. The monoisotopic (exact) mass is 303 g/mol. The van der Waals surface area contributed by atoms with Crippen molar-refractivity contribution in [3.05, 3.63) is 59.5 Å². The molecule has 3 aromatic rings. The maximum Gasteiger partial charge on any atom is 0.276 e. The normalized spacial score (nSPS) is 10.7. The second kappa shape index (κ2) is 5.44. The largest absolute Gasteiger partial charge is 0.460 e. The van der Waals surface area contributed by atoms with Crippen molar-refractivity contribution < 1.29 is 18.0 Å². The van der Waals surface area contributed by atoms with Crippen molar-refractivity contribution in [2.45, 2.75) is 6.92 Å². The number of aromatic nitrogens is 2. The van der Waals surface area contributed by atoms with Gasteiger partial charge < -0.3 is 9.73 Å². The zero-order valence-corrected chi connectivity index (χ0v) is 11.5. The fourth-order valence-corrected chi connectivity index (χ4v) is 1.91. The zero-order chi connectivity index (χ0) is 15.7. The molecule has 0 bridgehead atoms. The molecule has 0 fully saturated rings. The van der Waals surface area contributed by atoms with Crippen LogP contribution in [0.15, 0.2) is 40.8 Å². The molecule has 0 radical (unpaired) electrons. The highest BCUT2D eigenvalue weighted by molar-refractivity contribution is 6.03. The molecule has 2 aromatic heterocycles. The van der Waals surface area contributed by atoms with Gasteiger partial charge >= 0.3 is 0 Å². The summed E-state index contributed by atoms with van der Waals surface area (Å²) in [5, 5.41) is 8.99. The standard InChI is InChI=1S/C15H11F2N3O2/c1-8-2-5-14(22-8)12-7-13(20-19-12)15(21)18-9-3-4-10(16)11(17)6-9/h2-7H,1H3,(H,18,21)(H,19,20). The first-order chi connectivity index (χ1) is 10.5. The van der Waals surface area contributed by atoms with Gasteiger partial charge in [-0.25, -0.2) is 8.78 Å². The predicted molar refractivity (Wildman–Crippen MR) is 75.3 cm³/mol. The smallest absolute Gasteiger partial charge is 0.276 e. The molecule has 0 aliphatic carbocycles. The van der Waals surface area contributed by atoms with Crippen LogP contribution in [0.1, 0.15) is 16.2 Å². The van der Waals surface area contributed by atoms with E-state index >= 15 is 0 Å². The Kier molecular flexibility index (Phi) is 3.46. The lowest BCUT2D eigenvalue weighted by atomic mass is 10.2. The van der Waals surface area contributed by atoms with Crippen LogP contribution in [0.5, 0.6) is 0 Å². The second-order valence-corrected chi connectivity index (χ2v) is 4.66. The predicted octanol–water partition coefficient (Wildman–Crippen LogP) is 3.51. The van der Waals surface area contributed by atoms with Crippen LogP contribution in [0.3, 0.4) is 0 Å². The van der Waals surface area contributed by atoms with E-state index in [0.717, 1.165) is 17.9 Å². The maximum absolute atomic E-state index is 13.1. The highest BCUT2D eigenvalue weighted by Gasteiger charge is 2.14. The van der Waals surface area contributed by atoms with E-state index < -0.39 is 17.5 Å². The van der Waals surface area contributed by atoms with Crippen LogP contribution in [0.2, 0.25) is 0 Å². The number of H-pyrrole nitrogens is 1. The van der Waals surface area contributed by atoms with E-state index in [-0.39, 0.29) is 11.4 Å². The van der Waals surface area contributed by atoms with Crippen LogP contribution >= 0.6 is 0 Å². The third kappa shape index (κ3) is 2.73.